The summed E-state index contributed by atoms with van der Waals surface area (Å²) in [4.78, 5) is 25.7. The summed E-state index contributed by atoms with van der Waals surface area (Å²) in [6, 6.07) is 7.65. The summed E-state index contributed by atoms with van der Waals surface area (Å²) in [7, 11) is 1.47. The van der Waals surface area contributed by atoms with Crippen molar-refractivity contribution < 1.29 is 32.6 Å². The van der Waals surface area contributed by atoms with Gasteiger partial charge in [-0.2, -0.15) is 13.2 Å². The van der Waals surface area contributed by atoms with Gasteiger partial charge in [0.05, 0.1) is 11.5 Å². The van der Waals surface area contributed by atoms with E-state index >= 15 is 0 Å². The van der Waals surface area contributed by atoms with Crippen LogP contribution in [0.4, 0.5) is 18.9 Å². The number of halogens is 3. The lowest BCUT2D eigenvalue weighted by molar-refractivity contribution is -0.267. The van der Waals surface area contributed by atoms with E-state index in [0.29, 0.717) is 10.6 Å². The number of aliphatic hydroxyl groups is 1. The number of hydrogen-bond donors (Lipinski definition) is 1. The number of ether oxygens (including phenoxy) is 1. The van der Waals surface area contributed by atoms with Crippen LogP contribution in [0.25, 0.3) is 0 Å². The molecule has 0 saturated heterocycles. The van der Waals surface area contributed by atoms with Crippen molar-refractivity contribution in [3.05, 3.63) is 52.2 Å². The molecular formula is C17H16F3NO4S. The highest BCUT2D eigenvalue weighted by atomic mass is 32.1. The zero-order chi connectivity index (χ0) is 19.5. The van der Waals surface area contributed by atoms with Crippen LogP contribution in [-0.4, -0.2) is 36.8 Å². The molecule has 9 heteroatoms. The maximum Gasteiger partial charge on any atom is 0.432 e. The van der Waals surface area contributed by atoms with Crippen molar-refractivity contribution in [2.45, 2.75) is 18.7 Å². The predicted octanol–water partition coefficient (Wildman–Crippen LogP) is 3.34. The molecule has 0 aliphatic rings. The van der Waals surface area contributed by atoms with E-state index < -0.39 is 23.3 Å². The molecule has 1 N–H and O–H groups in total. The van der Waals surface area contributed by atoms with Crippen LogP contribution in [-0.2, 0) is 15.1 Å². The van der Waals surface area contributed by atoms with Crippen LogP contribution in [0.5, 0.6) is 0 Å². The lowest BCUT2D eigenvalue weighted by atomic mass is 9.93. The number of carbonyl (C=O) groups is 2. The maximum absolute atomic E-state index is 13.3. The van der Waals surface area contributed by atoms with Crippen LogP contribution in [0.1, 0.15) is 22.2 Å². The summed E-state index contributed by atoms with van der Waals surface area (Å²) in [5, 5.41) is 11.8. The molecule has 1 aromatic heterocycles. The van der Waals surface area contributed by atoms with Crippen molar-refractivity contribution >= 4 is 28.9 Å². The summed E-state index contributed by atoms with van der Waals surface area (Å²) >= 11 is 1.23. The summed E-state index contributed by atoms with van der Waals surface area (Å²) in [5.74, 6) is -2.13. The van der Waals surface area contributed by atoms with E-state index in [1.807, 2.05) is 0 Å². The molecule has 0 radical (unpaired) electrons. The maximum atomic E-state index is 13.3. The number of carbonyl (C=O) groups excluding carboxylic acids is 2. The second-order valence-electron chi connectivity index (χ2n) is 5.32. The fraction of sp³-hybridized carbons (Fsp3) is 0.294. The van der Waals surface area contributed by atoms with Gasteiger partial charge < -0.3 is 14.7 Å². The van der Waals surface area contributed by atoms with Crippen LogP contribution < -0.4 is 4.90 Å². The minimum Gasteiger partial charge on any atom is -0.463 e. The summed E-state index contributed by atoms with van der Waals surface area (Å²) < 4.78 is 44.3. The predicted molar refractivity (Wildman–Crippen MR) is 90.1 cm³/mol. The van der Waals surface area contributed by atoms with Crippen molar-refractivity contribution in [2.24, 2.45) is 0 Å². The fourth-order valence-electron chi connectivity index (χ4n) is 2.24. The second-order valence-corrected chi connectivity index (χ2v) is 6.26. The smallest absolute Gasteiger partial charge is 0.432 e. The molecule has 140 valence electrons. The Bertz CT molecular complexity index is 774. The van der Waals surface area contributed by atoms with E-state index in [1.54, 1.807) is 17.5 Å². The minimum atomic E-state index is -5.26. The summed E-state index contributed by atoms with van der Waals surface area (Å²) in [6.07, 6.45) is -5.26. The van der Waals surface area contributed by atoms with Crippen LogP contribution in [0.2, 0.25) is 0 Å². The third-order valence-corrected chi connectivity index (χ3v) is 4.55. The third-order valence-electron chi connectivity index (χ3n) is 3.69. The number of anilines is 1. The standard InChI is InChI=1S/C17H16F3NO4S/c1-3-25-15(23)16(24,17(18,19)20)11-6-8-12(9-7-11)21(2)14(22)13-5-4-10-26-13/h4-10,24H,3H2,1-2H3. The van der Waals surface area contributed by atoms with E-state index in [4.69, 9.17) is 0 Å². The molecule has 0 aliphatic carbocycles. The van der Waals surface area contributed by atoms with Gasteiger partial charge in [-0.15, -0.1) is 11.3 Å². The molecule has 0 bridgehead atoms. The number of amides is 1. The Morgan fingerprint density at radius 3 is 2.27 bits per heavy atom. The number of hydrogen-bond acceptors (Lipinski definition) is 5. The first-order valence-electron chi connectivity index (χ1n) is 7.51. The molecule has 1 heterocycles. The molecule has 2 aromatic rings. The van der Waals surface area contributed by atoms with Crippen molar-refractivity contribution in [3.8, 4) is 0 Å². The molecule has 1 aromatic carbocycles. The zero-order valence-electron chi connectivity index (χ0n) is 13.9. The highest BCUT2D eigenvalue weighted by Crippen LogP contribution is 2.40. The number of rotatable bonds is 5. The van der Waals surface area contributed by atoms with Gasteiger partial charge in [-0.1, -0.05) is 18.2 Å². The average molecular weight is 387 g/mol. The van der Waals surface area contributed by atoms with Crippen LogP contribution >= 0.6 is 11.3 Å². The van der Waals surface area contributed by atoms with E-state index in [2.05, 4.69) is 4.74 Å². The van der Waals surface area contributed by atoms with Gasteiger partial charge in [-0.05, 0) is 30.5 Å². The van der Waals surface area contributed by atoms with Gasteiger partial charge in [0.25, 0.3) is 11.5 Å². The Balaban J connectivity index is 2.34. The first-order chi connectivity index (χ1) is 12.1. The van der Waals surface area contributed by atoms with E-state index in [1.165, 1.54) is 42.3 Å². The highest BCUT2D eigenvalue weighted by Gasteiger charge is 2.62. The number of thiophene rings is 1. The lowest BCUT2D eigenvalue weighted by Gasteiger charge is -2.28. The lowest BCUT2D eigenvalue weighted by Crippen LogP contribution is -2.50. The zero-order valence-corrected chi connectivity index (χ0v) is 14.7. The Labute approximate surface area is 151 Å². The van der Waals surface area contributed by atoms with Gasteiger partial charge in [0.2, 0.25) is 0 Å². The largest absolute Gasteiger partial charge is 0.463 e. The molecule has 0 aliphatic heterocycles. The highest BCUT2D eigenvalue weighted by molar-refractivity contribution is 7.12. The van der Waals surface area contributed by atoms with Gasteiger partial charge in [-0.3, -0.25) is 4.79 Å². The number of esters is 1. The SMILES string of the molecule is CCOC(=O)C(O)(c1ccc(N(C)C(=O)c2cccs2)cc1)C(F)(F)F. The van der Waals surface area contributed by atoms with E-state index in [0.717, 1.165) is 12.1 Å². The number of alkyl halides is 3. The fourth-order valence-corrected chi connectivity index (χ4v) is 2.94. The minimum absolute atomic E-state index is 0.306. The van der Waals surface area contributed by atoms with Crippen molar-refractivity contribution in [3.63, 3.8) is 0 Å². The first kappa shape index (κ1) is 19.9. The second kappa shape index (κ2) is 7.46. The van der Waals surface area contributed by atoms with Gasteiger partial charge in [0, 0.05) is 18.3 Å². The Morgan fingerprint density at radius 2 is 1.81 bits per heavy atom. The summed E-state index contributed by atoms with van der Waals surface area (Å²) in [5.41, 5.74) is -4.16. The Morgan fingerprint density at radius 1 is 1.19 bits per heavy atom. The number of nitrogens with zero attached hydrogens (tertiary/aromatic N) is 1. The third kappa shape index (κ3) is 3.58. The molecule has 2 rings (SSSR count). The molecule has 1 atom stereocenters. The molecule has 1 amide bonds. The molecule has 26 heavy (non-hydrogen) atoms. The van der Waals surface area contributed by atoms with Crippen molar-refractivity contribution in [1.82, 2.24) is 0 Å². The van der Waals surface area contributed by atoms with Gasteiger partial charge >= 0.3 is 12.1 Å². The average Bonchev–Trinajstić information content (AvgIpc) is 3.13. The number of benzene rings is 1. The van der Waals surface area contributed by atoms with Gasteiger partial charge in [-0.25, -0.2) is 4.79 Å². The molecule has 0 saturated carbocycles. The molecule has 1 unspecified atom stereocenters. The van der Waals surface area contributed by atoms with Crippen molar-refractivity contribution in [1.29, 1.82) is 0 Å². The van der Waals surface area contributed by atoms with Crippen LogP contribution in [0, 0.1) is 0 Å². The van der Waals surface area contributed by atoms with E-state index in [9.17, 15) is 27.9 Å². The molecule has 0 fully saturated rings. The Hall–Kier alpha value is -2.39. The topological polar surface area (TPSA) is 66.8 Å². The monoisotopic (exact) mass is 387 g/mol. The van der Waals surface area contributed by atoms with Crippen LogP contribution in [0.15, 0.2) is 41.8 Å². The van der Waals surface area contributed by atoms with Crippen LogP contribution in [0.3, 0.4) is 0 Å². The first-order valence-corrected chi connectivity index (χ1v) is 8.39. The molecular weight excluding hydrogens is 371 g/mol. The normalized spacial score (nSPS) is 13.8. The molecule has 0 spiro atoms. The summed E-state index contributed by atoms with van der Waals surface area (Å²) in [6.45, 7) is 1.02. The Kier molecular flexibility index (Phi) is 5.72. The van der Waals surface area contributed by atoms with E-state index in [-0.39, 0.29) is 12.5 Å². The molecule has 5 nitrogen and oxygen atoms in total. The quantitative estimate of drug-likeness (QED) is 0.800. The van der Waals surface area contributed by atoms with Gasteiger partial charge in [0.1, 0.15) is 0 Å². The van der Waals surface area contributed by atoms with Gasteiger partial charge in [0.15, 0.2) is 0 Å². The van der Waals surface area contributed by atoms with Crippen molar-refractivity contribution in [2.75, 3.05) is 18.6 Å².